The molecule has 1 heterocycles. The van der Waals surface area contributed by atoms with Gasteiger partial charge in [-0.25, -0.2) is 4.79 Å². The Morgan fingerprint density at radius 3 is 2.75 bits per heavy atom. The average Bonchev–Trinajstić information content (AvgIpc) is 2.60. The predicted molar refractivity (Wildman–Crippen MR) is 83.8 cm³/mol. The first-order chi connectivity index (χ1) is 11.5. The Labute approximate surface area is 140 Å². The molecule has 0 aliphatic carbocycles. The molecule has 1 aliphatic rings. The largest absolute Gasteiger partial charge is 0.539 e. The van der Waals surface area contributed by atoms with Gasteiger partial charge in [0.05, 0.1) is 33.4 Å². The average molecular weight is 341 g/mol. The standard InChI is InChI=1S/C15H22FNO.C2H2O4/c1-18-15-7-2-5-13(11-15)14-6-3-9-17(12-14)10-4-8-16;3-1(4)2(5)6/h2,5,7,11,14H,3-4,6,8-10,12H2,1H3;(H,3,4)(H,5,6). The lowest BCUT2D eigenvalue weighted by molar-refractivity contribution is -0.906. The Balaban J connectivity index is 0.000000413. The number of carboxylic acids is 2. The molecule has 1 aromatic rings. The maximum atomic E-state index is 12.2. The Morgan fingerprint density at radius 1 is 1.46 bits per heavy atom. The van der Waals surface area contributed by atoms with E-state index in [1.54, 1.807) is 12.0 Å². The zero-order valence-electron chi connectivity index (χ0n) is 13.8. The van der Waals surface area contributed by atoms with Crippen LogP contribution in [-0.2, 0) is 9.59 Å². The summed E-state index contributed by atoms with van der Waals surface area (Å²) in [6.07, 6.45) is 3.18. The van der Waals surface area contributed by atoms with Crippen molar-refractivity contribution in [2.24, 2.45) is 0 Å². The quantitative estimate of drug-likeness (QED) is 0.714. The molecule has 134 valence electrons. The molecular weight excluding hydrogens is 317 g/mol. The summed E-state index contributed by atoms with van der Waals surface area (Å²) < 4.78 is 17.5. The van der Waals surface area contributed by atoms with E-state index in [4.69, 9.17) is 24.5 Å². The van der Waals surface area contributed by atoms with E-state index < -0.39 is 11.9 Å². The van der Waals surface area contributed by atoms with Crippen molar-refractivity contribution >= 4 is 11.9 Å². The third-order valence-electron chi connectivity index (χ3n) is 4.02. The molecule has 2 atom stereocenters. The molecule has 0 amide bonds. The van der Waals surface area contributed by atoms with Crippen LogP contribution < -0.4 is 14.7 Å². The topological polar surface area (TPSA) is 91.1 Å². The SMILES string of the molecule is COc1cccc(C2CCC[NH+](CCCF)C2)c1.O=C([O-])C(=O)O. The molecule has 6 nitrogen and oxygen atoms in total. The van der Waals surface area contributed by atoms with Crippen LogP contribution in [0.3, 0.4) is 0 Å². The van der Waals surface area contributed by atoms with Crippen LogP contribution in [0.15, 0.2) is 24.3 Å². The van der Waals surface area contributed by atoms with Crippen molar-refractivity contribution < 1.29 is 33.8 Å². The van der Waals surface area contributed by atoms with Gasteiger partial charge >= 0.3 is 5.97 Å². The number of hydrogen-bond acceptors (Lipinski definition) is 4. The summed E-state index contributed by atoms with van der Waals surface area (Å²) in [6.45, 7) is 3.11. The van der Waals surface area contributed by atoms with E-state index >= 15 is 0 Å². The van der Waals surface area contributed by atoms with Crippen LogP contribution in [0, 0.1) is 0 Å². The Bertz CT molecular complexity index is 525. The number of rotatable bonds is 5. The van der Waals surface area contributed by atoms with Crippen molar-refractivity contribution in [2.75, 3.05) is 33.4 Å². The van der Waals surface area contributed by atoms with Gasteiger partial charge in [0.1, 0.15) is 5.75 Å². The number of carbonyl (C=O) groups is 2. The minimum absolute atomic E-state index is 0.187. The molecule has 1 aliphatic heterocycles. The maximum Gasteiger partial charge on any atom is 0.351 e. The van der Waals surface area contributed by atoms with E-state index in [1.165, 1.54) is 24.9 Å². The van der Waals surface area contributed by atoms with Crippen LogP contribution >= 0.6 is 0 Å². The summed E-state index contributed by atoms with van der Waals surface area (Å²) in [5.41, 5.74) is 1.37. The van der Waals surface area contributed by atoms with E-state index in [-0.39, 0.29) is 6.67 Å². The van der Waals surface area contributed by atoms with Gasteiger partial charge in [-0.1, -0.05) is 12.1 Å². The fraction of sp³-hybridized carbons (Fsp3) is 0.529. The summed E-state index contributed by atoms with van der Waals surface area (Å²) in [5, 5.41) is 16.3. The maximum absolute atomic E-state index is 12.2. The van der Waals surface area contributed by atoms with Gasteiger partial charge < -0.3 is 24.6 Å². The third kappa shape index (κ3) is 6.95. The number of hydrogen-bond donors (Lipinski definition) is 2. The minimum Gasteiger partial charge on any atom is -0.539 e. The molecule has 0 bridgehead atoms. The molecule has 0 saturated carbocycles. The number of aliphatic carboxylic acids is 2. The van der Waals surface area contributed by atoms with Crippen molar-refractivity contribution in [1.82, 2.24) is 0 Å². The van der Waals surface area contributed by atoms with E-state index in [0.717, 1.165) is 18.8 Å². The number of quaternary nitrogens is 1. The van der Waals surface area contributed by atoms with Crippen molar-refractivity contribution in [3.05, 3.63) is 29.8 Å². The lowest BCUT2D eigenvalue weighted by Gasteiger charge is -2.30. The zero-order valence-corrected chi connectivity index (χ0v) is 13.8. The molecule has 2 unspecified atom stereocenters. The smallest absolute Gasteiger partial charge is 0.351 e. The van der Waals surface area contributed by atoms with Crippen LogP contribution in [0.5, 0.6) is 5.75 Å². The number of carboxylic acid groups (broad SMARTS) is 2. The number of ether oxygens (including phenoxy) is 1. The number of methoxy groups -OCH3 is 1. The second-order valence-electron chi connectivity index (χ2n) is 5.71. The lowest BCUT2D eigenvalue weighted by atomic mass is 9.90. The van der Waals surface area contributed by atoms with E-state index in [9.17, 15) is 4.39 Å². The molecule has 0 aromatic heterocycles. The Kier molecular flexibility index (Phi) is 8.78. The normalized spacial score (nSPS) is 19.8. The lowest BCUT2D eigenvalue weighted by Crippen LogP contribution is -3.13. The van der Waals surface area contributed by atoms with Crippen LogP contribution in [0.4, 0.5) is 4.39 Å². The number of piperidine rings is 1. The molecular formula is C17H24FNO5. The monoisotopic (exact) mass is 341 g/mol. The zero-order chi connectivity index (χ0) is 17.9. The number of alkyl halides is 1. The highest BCUT2D eigenvalue weighted by Crippen LogP contribution is 2.24. The van der Waals surface area contributed by atoms with Gasteiger partial charge in [0.15, 0.2) is 5.97 Å². The van der Waals surface area contributed by atoms with Crippen LogP contribution in [-0.4, -0.2) is 50.5 Å². The van der Waals surface area contributed by atoms with Gasteiger partial charge in [0.2, 0.25) is 0 Å². The van der Waals surface area contributed by atoms with E-state index in [1.807, 2.05) is 6.07 Å². The summed E-state index contributed by atoms with van der Waals surface area (Å²) in [6, 6.07) is 8.37. The highest BCUT2D eigenvalue weighted by Gasteiger charge is 2.24. The van der Waals surface area contributed by atoms with Gasteiger partial charge in [-0.05, 0) is 30.5 Å². The van der Waals surface area contributed by atoms with Gasteiger partial charge in [-0.15, -0.1) is 0 Å². The molecule has 1 aromatic carbocycles. The fourth-order valence-corrected chi connectivity index (χ4v) is 2.87. The number of carbonyl (C=O) groups excluding carboxylic acids is 1. The van der Waals surface area contributed by atoms with Crippen LogP contribution in [0.1, 0.15) is 30.7 Å². The number of nitrogens with one attached hydrogen (secondary N) is 1. The van der Waals surface area contributed by atoms with E-state index in [0.29, 0.717) is 12.3 Å². The van der Waals surface area contributed by atoms with Crippen molar-refractivity contribution in [2.45, 2.75) is 25.2 Å². The molecule has 2 N–H and O–H groups in total. The minimum atomic E-state index is -2.07. The summed E-state index contributed by atoms with van der Waals surface area (Å²) in [4.78, 5) is 19.6. The molecule has 1 fully saturated rings. The van der Waals surface area contributed by atoms with Gasteiger partial charge in [0, 0.05) is 12.3 Å². The van der Waals surface area contributed by atoms with Crippen LogP contribution in [0.25, 0.3) is 0 Å². The van der Waals surface area contributed by atoms with Crippen molar-refractivity contribution in [3.63, 3.8) is 0 Å². The molecule has 2 rings (SSSR count). The summed E-state index contributed by atoms with van der Waals surface area (Å²) >= 11 is 0. The van der Waals surface area contributed by atoms with Crippen molar-refractivity contribution in [1.29, 1.82) is 0 Å². The fourth-order valence-electron chi connectivity index (χ4n) is 2.87. The highest BCUT2D eigenvalue weighted by atomic mass is 19.1. The first-order valence-electron chi connectivity index (χ1n) is 7.95. The first kappa shape index (κ1) is 19.9. The molecule has 7 heteroatoms. The van der Waals surface area contributed by atoms with Gasteiger partial charge in [-0.3, -0.25) is 4.39 Å². The molecule has 24 heavy (non-hydrogen) atoms. The van der Waals surface area contributed by atoms with Gasteiger partial charge in [-0.2, -0.15) is 0 Å². The molecule has 0 radical (unpaired) electrons. The highest BCUT2D eigenvalue weighted by molar-refractivity contribution is 6.26. The number of halogens is 1. The molecule has 1 saturated heterocycles. The van der Waals surface area contributed by atoms with Gasteiger partial charge in [0.25, 0.3) is 0 Å². The second-order valence-corrected chi connectivity index (χ2v) is 5.71. The third-order valence-corrected chi connectivity index (χ3v) is 4.02. The second kappa shape index (κ2) is 10.6. The molecule has 0 spiro atoms. The summed E-state index contributed by atoms with van der Waals surface area (Å²) in [5.74, 6) is -2.48. The number of benzene rings is 1. The van der Waals surface area contributed by atoms with Crippen molar-refractivity contribution in [3.8, 4) is 5.75 Å². The predicted octanol–water partition coefficient (Wildman–Crippen LogP) is -0.362. The van der Waals surface area contributed by atoms with Crippen LogP contribution in [0.2, 0.25) is 0 Å². The Morgan fingerprint density at radius 2 is 2.17 bits per heavy atom. The first-order valence-corrected chi connectivity index (χ1v) is 7.95. The summed E-state index contributed by atoms with van der Waals surface area (Å²) in [7, 11) is 1.71. The van der Waals surface area contributed by atoms with E-state index in [2.05, 4.69) is 18.2 Å². The Hall–Kier alpha value is -2.15. The number of likely N-dealkylation sites (tertiary alicyclic amines) is 1.